The normalized spacial score (nSPS) is 17.7. The molecule has 0 fully saturated rings. The number of aromatic nitrogens is 3. The number of benzene rings is 6. The number of imidazole rings is 1. The molecule has 5 heteroatoms. The summed E-state index contributed by atoms with van der Waals surface area (Å²) in [5, 5.41) is 11.9. The van der Waals surface area contributed by atoms with Crippen molar-refractivity contribution in [2.24, 2.45) is 0 Å². The molecule has 0 aliphatic rings. The van der Waals surface area contributed by atoms with E-state index in [1.165, 1.54) is 42.5 Å². The Bertz CT molecular complexity index is 3490. The summed E-state index contributed by atoms with van der Waals surface area (Å²) in [6.45, 7) is -11.1. The van der Waals surface area contributed by atoms with Crippen LogP contribution in [0.1, 0.15) is 114 Å². The number of phenolic OH excluding ortho intramolecular Hbond substituents is 1. The zero-order chi connectivity index (χ0) is 57.7. The van der Waals surface area contributed by atoms with Crippen LogP contribution >= 0.6 is 0 Å². The van der Waals surface area contributed by atoms with Crippen molar-refractivity contribution in [1.82, 2.24) is 14.5 Å². The van der Waals surface area contributed by atoms with Gasteiger partial charge in [-0.3, -0.25) is 9.55 Å². The summed E-state index contributed by atoms with van der Waals surface area (Å²) in [6.07, 6.45) is 1.58. The molecule has 61 heavy (non-hydrogen) atoms. The summed E-state index contributed by atoms with van der Waals surface area (Å²) in [6, 6.07) is 38.3. The Balaban J connectivity index is 0.00000903. The molecule has 312 valence electrons. The summed E-state index contributed by atoms with van der Waals surface area (Å²) in [5.74, 6) is 0.181. The van der Waals surface area contributed by atoms with Crippen molar-refractivity contribution in [3.8, 4) is 67.5 Å². The van der Waals surface area contributed by atoms with Crippen molar-refractivity contribution in [2.45, 2.75) is 92.0 Å². The van der Waals surface area contributed by atoms with Crippen LogP contribution < -0.4 is 0 Å². The molecule has 4 nitrogen and oxygen atoms in total. The van der Waals surface area contributed by atoms with Crippen LogP contribution in [0.5, 0.6) is 5.75 Å². The van der Waals surface area contributed by atoms with Crippen molar-refractivity contribution >= 4 is 11.0 Å². The number of pyridine rings is 1. The SMILES string of the molecule is [2H]C([2H])([2H])C(c1ccc(-c2ccnc(-c3[c-]c(-c4cccc5c4nc(-c4cc(C)cc(C)c4O)n5-c4ccc(C(C([2H])([2H])[2H])(C([2H])([2H])[2H])C([2H])([2H])[2H])cc4-c4ccccc4)cc(C(C)(C)C)c3)c2)cc1)(C([2H])([2H])[2H])C([2H])([2H])[2H].[Pt]. The van der Waals surface area contributed by atoms with Crippen molar-refractivity contribution in [1.29, 1.82) is 0 Å². The molecule has 2 heterocycles. The molecule has 0 aliphatic heterocycles. The first kappa shape index (κ1) is 26.0. The van der Waals surface area contributed by atoms with Gasteiger partial charge in [-0.1, -0.05) is 158 Å². The first-order valence-corrected chi connectivity index (χ1v) is 19.5. The molecule has 6 aromatic carbocycles. The maximum absolute atomic E-state index is 11.9. The third kappa shape index (κ3) is 8.66. The zero-order valence-electron chi connectivity index (χ0n) is 52.3. The molecular formula is C56H56N3OPt-. The average Bonchev–Trinajstić information content (AvgIpc) is 3.76. The standard InChI is InChI=1S/C56H56N3O.Pt/c1-35-28-36(2)52(60)47(29-35)53-58-51-45(18-15-19-50(51)59(53)49-25-24-43(55(6,7)8)34-46(49)38-16-13-12-14-17-38)40-30-41(32-44(31-40)56(9,10)11)48-33-39(26-27-57-48)37-20-22-42(23-21-37)54(3,4)5;/h12-29,31-34,60H,1-11H3;/q-1;/i3D3,4D3,5D3,6D3,7D3,8D3;. The Labute approximate surface area is 402 Å². The van der Waals surface area contributed by atoms with E-state index in [9.17, 15) is 5.11 Å². The number of hydrogen-bond donors (Lipinski definition) is 1. The number of aromatic hydroxyl groups is 1. The van der Waals surface area contributed by atoms with Gasteiger partial charge < -0.3 is 5.11 Å². The fourth-order valence-electron chi connectivity index (χ4n) is 7.64. The Morgan fingerprint density at radius 3 is 1.98 bits per heavy atom. The van der Waals surface area contributed by atoms with Crippen LogP contribution in [0.25, 0.3) is 72.7 Å². The predicted octanol–water partition coefficient (Wildman–Crippen LogP) is 14.8. The molecular weight excluding hydrogens is 926 g/mol. The van der Waals surface area contributed by atoms with E-state index >= 15 is 0 Å². The number of para-hydroxylation sites is 1. The molecule has 0 saturated carbocycles. The number of fused-ring (bicyclic) bond motifs is 1. The first-order chi connectivity index (χ1) is 35.9. The van der Waals surface area contributed by atoms with Gasteiger partial charge in [-0.05, 0) is 99.4 Å². The Morgan fingerprint density at radius 2 is 1.28 bits per heavy atom. The Hall–Kier alpha value is -5.57. The van der Waals surface area contributed by atoms with Crippen LogP contribution in [0.2, 0.25) is 0 Å². The van der Waals surface area contributed by atoms with Crippen LogP contribution in [0.3, 0.4) is 0 Å². The van der Waals surface area contributed by atoms with E-state index in [1.807, 2.05) is 64.1 Å². The minimum absolute atomic E-state index is 0. The minimum atomic E-state index is -3.53. The summed E-state index contributed by atoms with van der Waals surface area (Å²) in [4.78, 5) is 10.0. The maximum Gasteiger partial charge on any atom is 0.148 e. The number of hydrogen-bond acceptors (Lipinski definition) is 3. The van der Waals surface area contributed by atoms with Gasteiger partial charge in [0.2, 0.25) is 0 Å². The van der Waals surface area contributed by atoms with Crippen LogP contribution in [0.4, 0.5) is 0 Å². The predicted molar refractivity (Wildman–Crippen MR) is 252 cm³/mol. The van der Waals surface area contributed by atoms with Crippen molar-refractivity contribution < 1.29 is 50.8 Å². The van der Waals surface area contributed by atoms with Gasteiger partial charge in [0.15, 0.2) is 0 Å². The first-order valence-electron chi connectivity index (χ1n) is 28.5. The van der Waals surface area contributed by atoms with Crippen LogP contribution in [0, 0.1) is 19.9 Å². The topological polar surface area (TPSA) is 50.9 Å². The fourth-order valence-corrected chi connectivity index (χ4v) is 7.64. The van der Waals surface area contributed by atoms with E-state index in [0.717, 1.165) is 11.1 Å². The van der Waals surface area contributed by atoms with Crippen LogP contribution in [-0.4, -0.2) is 19.6 Å². The number of aryl methyl sites for hydroxylation is 2. The van der Waals surface area contributed by atoms with Crippen LogP contribution in [0.15, 0.2) is 134 Å². The van der Waals surface area contributed by atoms with Crippen molar-refractivity contribution in [3.05, 3.63) is 167 Å². The van der Waals surface area contributed by atoms with Gasteiger partial charge in [-0.2, -0.15) is 0 Å². The molecule has 1 N–H and O–H groups in total. The monoisotopic (exact) mass is 1000 g/mol. The van der Waals surface area contributed by atoms with Gasteiger partial charge in [0.25, 0.3) is 0 Å². The molecule has 0 saturated heterocycles. The third-order valence-corrected chi connectivity index (χ3v) is 10.8. The van der Waals surface area contributed by atoms with Crippen LogP contribution in [-0.2, 0) is 37.3 Å². The Morgan fingerprint density at radius 1 is 0.590 bits per heavy atom. The molecule has 0 amide bonds. The molecule has 0 aliphatic carbocycles. The molecule has 2 aromatic heterocycles. The molecule has 0 radical (unpaired) electrons. The van der Waals surface area contributed by atoms with E-state index < -0.39 is 62.9 Å². The fraction of sp³-hybridized carbons (Fsp3) is 0.250. The van der Waals surface area contributed by atoms with E-state index in [0.29, 0.717) is 66.9 Å². The third-order valence-electron chi connectivity index (χ3n) is 10.8. The molecule has 0 unspecified atom stereocenters. The molecule has 8 rings (SSSR count). The maximum atomic E-state index is 11.9. The summed E-state index contributed by atoms with van der Waals surface area (Å²) < 4.78 is 152. The summed E-state index contributed by atoms with van der Waals surface area (Å²) in [7, 11) is 0. The van der Waals surface area contributed by atoms with E-state index in [4.69, 9.17) is 34.6 Å². The van der Waals surface area contributed by atoms with Gasteiger partial charge >= 0.3 is 0 Å². The molecule has 0 bridgehead atoms. The smallest absolute Gasteiger partial charge is 0.148 e. The number of nitrogens with zero attached hydrogens (tertiary/aromatic N) is 3. The minimum Gasteiger partial charge on any atom is -0.507 e. The van der Waals surface area contributed by atoms with Gasteiger partial charge in [0, 0.05) is 63.2 Å². The van der Waals surface area contributed by atoms with Gasteiger partial charge in [-0.25, -0.2) is 4.98 Å². The van der Waals surface area contributed by atoms with E-state index in [1.54, 1.807) is 66.2 Å². The number of rotatable bonds is 6. The number of phenols is 1. The van der Waals surface area contributed by atoms with E-state index in [-0.39, 0.29) is 43.8 Å². The zero-order valence-corrected chi connectivity index (χ0v) is 36.6. The van der Waals surface area contributed by atoms with Gasteiger partial charge in [-0.15, -0.1) is 29.3 Å². The second kappa shape index (κ2) is 16.4. The van der Waals surface area contributed by atoms with Crippen molar-refractivity contribution in [2.75, 3.05) is 0 Å². The molecule has 8 aromatic rings. The second-order valence-electron chi connectivity index (χ2n) is 16.5. The second-order valence-corrected chi connectivity index (χ2v) is 16.5. The molecule has 0 atom stereocenters. The average molecular weight is 1000 g/mol. The van der Waals surface area contributed by atoms with Gasteiger partial charge in [0.1, 0.15) is 11.6 Å². The quantitative estimate of drug-likeness (QED) is 0.169. The van der Waals surface area contributed by atoms with Gasteiger partial charge in [0.05, 0.1) is 22.3 Å². The summed E-state index contributed by atoms with van der Waals surface area (Å²) in [5.41, 5.74) is 0.222. The Kier molecular flexibility index (Phi) is 6.98. The summed E-state index contributed by atoms with van der Waals surface area (Å²) >= 11 is 0. The molecule has 0 spiro atoms. The van der Waals surface area contributed by atoms with E-state index in [2.05, 4.69) is 6.07 Å². The van der Waals surface area contributed by atoms with Crippen molar-refractivity contribution in [3.63, 3.8) is 0 Å². The largest absolute Gasteiger partial charge is 0.507 e.